The number of hydrogen-bond acceptors (Lipinski definition) is 0. The Morgan fingerprint density at radius 3 is 2.75 bits per heavy atom. The maximum absolute atomic E-state index is 3.58. The zero-order chi connectivity index (χ0) is 8.97. The first kappa shape index (κ1) is 10.3. The predicted octanol–water partition coefficient (Wildman–Crippen LogP) is 2.75. The lowest BCUT2D eigenvalue weighted by Crippen LogP contribution is -2.07. The topological polar surface area (TPSA) is 0 Å². The molecule has 0 amide bonds. The van der Waals surface area contributed by atoms with Crippen molar-refractivity contribution in [3.8, 4) is 0 Å². The van der Waals surface area contributed by atoms with Gasteiger partial charge in [-0.2, -0.15) is 3.69 Å². The van der Waals surface area contributed by atoms with Crippen molar-refractivity contribution in [3.05, 3.63) is 35.4 Å². The van der Waals surface area contributed by atoms with Crippen molar-refractivity contribution in [3.63, 3.8) is 0 Å². The molecule has 0 fully saturated rings. The molecule has 2 heteroatoms. The van der Waals surface area contributed by atoms with Crippen LogP contribution in [0.1, 0.15) is 19.4 Å². The van der Waals surface area contributed by atoms with Crippen molar-refractivity contribution in [2.45, 2.75) is 13.8 Å². The van der Waals surface area contributed by atoms with E-state index in [2.05, 4.69) is 57.1 Å². The first-order valence-corrected chi connectivity index (χ1v) is 8.63. The Balaban J connectivity index is 2.94. The van der Waals surface area contributed by atoms with Gasteiger partial charge in [-0.3, -0.25) is 12.9 Å². The van der Waals surface area contributed by atoms with Crippen molar-refractivity contribution >= 4 is 40.8 Å². The summed E-state index contributed by atoms with van der Waals surface area (Å²) in [4.78, 5) is 0. The highest BCUT2D eigenvalue weighted by Gasteiger charge is 1.94. The molecule has 0 unspecified atom stereocenters. The van der Waals surface area contributed by atoms with E-state index in [1.54, 1.807) is 0 Å². The monoisotopic (exact) mass is 234 g/mol. The van der Waals surface area contributed by atoms with Gasteiger partial charge in [0.1, 0.15) is 0 Å². The van der Waals surface area contributed by atoms with E-state index in [9.17, 15) is 0 Å². The molecule has 0 saturated heterocycles. The Hall–Kier alpha value is 0.206. The molecule has 0 bridgehead atoms. The minimum Gasteiger partial charge on any atom is -0.296 e. The summed E-state index contributed by atoms with van der Waals surface area (Å²) in [6.45, 7) is 4.25. The summed E-state index contributed by atoms with van der Waals surface area (Å²) in [6, 6.07) is 8.71. The molecule has 1 aromatic carbocycles. The van der Waals surface area contributed by atoms with Crippen molar-refractivity contribution < 1.29 is 0 Å². The van der Waals surface area contributed by atoms with E-state index >= 15 is 0 Å². The van der Waals surface area contributed by atoms with Gasteiger partial charge < -0.3 is 0 Å². The number of hydrogen-bond donors (Lipinski definition) is 0. The number of halogens is 1. The Bertz CT molecular complexity index is 288. The van der Waals surface area contributed by atoms with E-state index in [-0.39, 0.29) is 18.2 Å². The summed E-state index contributed by atoms with van der Waals surface area (Å²) in [5, 5.41) is 0. The zero-order valence-corrected chi connectivity index (χ0v) is 10.5. The van der Waals surface area contributed by atoms with E-state index in [1.165, 1.54) is 14.8 Å². The van der Waals surface area contributed by atoms with Crippen LogP contribution in [0.4, 0.5) is 0 Å². The van der Waals surface area contributed by atoms with Crippen LogP contribution in [-0.2, 0) is 0 Å². The molecule has 1 aromatic rings. The van der Waals surface area contributed by atoms with Crippen molar-refractivity contribution in [1.82, 2.24) is 0 Å². The van der Waals surface area contributed by atoms with Crippen LogP contribution in [0.5, 0.6) is 0 Å². The average molecular weight is 235 g/mol. The molecular formula is C10H11BrMg. The molecule has 0 spiro atoms. The number of benzene rings is 1. The van der Waals surface area contributed by atoms with Crippen LogP contribution < -0.4 is 3.69 Å². The fourth-order valence-corrected chi connectivity index (χ4v) is 2.68. The summed E-state index contributed by atoms with van der Waals surface area (Å²) >= 11 is 3.40. The van der Waals surface area contributed by atoms with Gasteiger partial charge in [0, 0.05) is 0 Å². The van der Waals surface area contributed by atoms with Gasteiger partial charge in [-0.1, -0.05) is 35.9 Å². The smallest absolute Gasteiger partial charge is 0.296 e. The molecular weight excluding hydrogens is 224 g/mol. The third kappa shape index (κ3) is 3.29. The summed E-state index contributed by atoms with van der Waals surface area (Å²) < 4.78 is 1.46. The maximum atomic E-state index is 3.58. The molecule has 0 N–H and O–H groups in total. The van der Waals surface area contributed by atoms with Gasteiger partial charge in [0.2, 0.25) is 0 Å². The maximum Gasteiger partial charge on any atom is 0.506 e. The minimum absolute atomic E-state index is 0.181. The molecule has 0 aliphatic carbocycles. The van der Waals surface area contributed by atoms with Crippen LogP contribution in [0.3, 0.4) is 0 Å². The number of rotatable bonds is 2. The van der Waals surface area contributed by atoms with E-state index in [4.69, 9.17) is 0 Å². The molecule has 0 atom stereocenters. The first-order valence-electron chi connectivity index (χ1n) is 4.02. The lowest BCUT2D eigenvalue weighted by Gasteiger charge is -1.98. The van der Waals surface area contributed by atoms with E-state index in [0.717, 1.165) is 0 Å². The molecule has 0 nitrogen and oxygen atoms in total. The zero-order valence-electron chi connectivity index (χ0n) is 7.47. The second kappa shape index (κ2) is 5.05. The van der Waals surface area contributed by atoms with Crippen molar-refractivity contribution in [1.29, 1.82) is 0 Å². The van der Waals surface area contributed by atoms with Gasteiger partial charge in [-0.15, -0.1) is 0 Å². The summed E-state index contributed by atoms with van der Waals surface area (Å²) in [6.07, 6.45) is 2.21. The highest BCUT2D eigenvalue weighted by Crippen LogP contribution is 2.03. The molecule has 60 valence electrons. The molecule has 0 heterocycles. The van der Waals surface area contributed by atoms with Gasteiger partial charge in [0.05, 0.1) is 0 Å². The Kier molecular flexibility index (Phi) is 4.33. The number of allylic oxidation sites excluding steroid dienone is 1. The summed E-state index contributed by atoms with van der Waals surface area (Å²) in [5.41, 5.74) is 2.67. The summed E-state index contributed by atoms with van der Waals surface area (Å²) in [7, 11) is 0. The van der Waals surface area contributed by atoms with Crippen LogP contribution in [0.15, 0.2) is 29.8 Å². The minimum atomic E-state index is -0.181. The van der Waals surface area contributed by atoms with Crippen LogP contribution in [0, 0.1) is 0 Å². The predicted molar refractivity (Wildman–Crippen MR) is 60.1 cm³/mol. The SMILES string of the molecule is CC(C)=Cc1ccc[c]([Mg][Br])c1. The molecule has 0 aromatic heterocycles. The molecule has 0 saturated carbocycles. The molecule has 0 radical (unpaired) electrons. The van der Waals surface area contributed by atoms with Crippen LogP contribution in [0.2, 0.25) is 0 Å². The molecule has 0 aliphatic heterocycles. The highest BCUT2D eigenvalue weighted by atomic mass is 79.9. The lowest BCUT2D eigenvalue weighted by atomic mass is 10.1. The van der Waals surface area contributed by atoms with Gasteiger partial charge in [0.25, 0.3) is 0 Å². The van der Waals surface area contributed by atoms with Crippen LogP contribution in [0.25, 0.3) is 6.08 Å². The lowest BCUT2D eigenvalue weighted by molar-refractivity contribution is 1.42. The fourth-order valence-electron chi connectivity index (χ4n) is 1.10. The van der Waals surface area contributed by atoms with E-state index in [1.807, 2.05) is 0 Å². The van der Waals surface area contributed by atoms with Crippen molar-refractivity contribution in [2.75, 3.05) is 0 Å². The molecule has 12 heavy (non-hydrogen) atoms. The Labute approximate surface area is 89.7 Å². The third-order valence-corrected chi connectivity index (χ3v) is 4.25. The average Bonchev–Trinajstić information content (AvgIpc) is 2.03. The second-order valence-corrected chi connectivity index (χ2v) is 5.87. The van der Waals surface area contributed by atoms with Gasteiger partial charge in [-0.25, -0.2) is 0 Å². The third-order valence-electron chi connectivity index (χ3n) is 1.56. The Morgan fingerprint density at radius 1 is 1.42 bits per heavy atom. The standard InChI is InChI=1S/C10H11.BrH.Mg/c1-9(2)8-10-6-4-3-5-7-10;;/h3-4,6-8H,1-2H3;1H;/q;;+1/p-1. The van der Waals surface area contributed by atoms with E-state index in [0.29, 0.717) is 0 Å². The van der Waals surface area contributed by atoms with Gasteiger partial charge in [0.15, 0.2) is 0 Å². The quantitative estimate of drug-likeness (QED) is 0.692. The highest BCUT2D eigenvalue weighted by molar-refractivity contribution is 9.23. The second-order valence-electron chi connectivity index (χ2n) is 3.10. The largest absolute Gasteiger partial charge is 0.506 e. The Morgan fingerprint density at radius 2 is 2.17 bits per heavy atom. The first-order chi connectivity index (χ1) is 5.72. The molecule has 0 aliphatic rings. The summed E-state index contributed by atoms with van der Waals surface area (Å²) in [5.74, 6) is 0. The van der Waals surface area contributed by atoms with Gasteiger partial charge in [-0.05, 0) is 19.4 Å². The van der Waals surface area contributed by atoms with E-state index < -0.39 is 0 Å². The normalized spacial score (nSPS) is 8.92. The van der Waals surface area contributed by atoms with Gasteiger partial charge >= 0.3 is 18.2 Å². The fraction of sp³-hybridized carbons (Fsp3) is 0.200. The van der Waals surface area contributed by atoms with Crippen LogP contribution >= 0.6 is 12.9 Å². The van der Waals surface area contributed by atoms with Crippen LogP contribution in [-0.4, -0.2) is 18.2 Å². The van der Waals surface area contributed by atoms with Crippen molar-refractivity contribution in [2.24, 2.45) is 0 Å². The molecule has 1 rings (SSSR count).